The lowest BCUT2D eigenvalue weighted by Crippen LogP contribution is -2.01. The number of hydrogen-bond acceptors (Lipinski definition) is 5. The summed E-state index contributed by atoms with van der Waals surface area (Å²) in [4.78, 5) is 4.03. The summed E-state index contributed by atoms with van der Waals surface area (Å²) in [7, 11) is 0. The highest BCUT2D eigenvalue weighted by atomic mass is 35.5. The lowest BCUT2D eigenvalue weighted by molar-refractivity contribution is 0.883. The van der Waals surface area contributed by atoms with E-state index in [-0.39, 0.29) is 5.25 Å². The van der Waals surface area contributed by atoms with Crippen molar-refractivity contribution >= 4 is 23.4 Å². The Morgan fingerprint density at radius 2 is 1.83 bits per heavy atom. The maximum Gasteiger partial charge on any atom is 0.197 e. The van der Waals surface area contributed by atoms with Gasteiger partial charge in [0.25, 0.3) is 0 Å². The third-order valence-electron chi connectivity index (χ3n) is 3.12. The van der Waals surface area contributed by atoms with E-state index >= 15 is 0 Å². The number of halogens is 1. The van der Waals surface area contributed by atoms with Gasteiger partial charge in [0.15, 0.2) is 11.0 Å². The van der Waals surface area contributed by atoms with Crippen molar-refractivity contribution in [3.63, 3.8) is 0 Å². The minimum absolute atomic E-state index is 0.226. The van der Waals surface area contributed by atoms with E-state index in [1.807, 2.05) is 47.9 Å². The van der Waals surface area contributed by atoms with Gasteiger partial charge in [-0.05, 0) is 43.3 Å². The second-order valence-corrected chi connectivity index (χ2v) is 6.49. The van der Waals surface area contributed by atoms with Crippen LogP contribution in [0.2, 0.25) is 5.02 Å². The van der Waals surface area contributed by atoms with Crippen LogP contribution >= 0.6 is 23.4 Å². The van der Waals surface area contributed by atoms with Gasteiger partial charge >= 0.3 is 0 Å². The Morgan fingerprint density at radius 3 is 2.48 bits per heavy atom. The quantitative estimate of drug-likeness (QED) is 0.671. The summed E-state index contributed by atoms with van der Waals surface area (Å²) in [6.45, 7) is 1.83. The summed E-state index contributed by atoms with van der Waals surface area (Å²) in [6, 6.07) is 13.4. The van der Waals surface area contributed by atoms with Gasteiger partial charge in [-0.2, -0.15) is 5.26 Å². The van der Waals surface area contributed by atoms with Crippen LogP contribution < -0.4 is 0 Å². The molecule has 0 fully saturated rings. The molecule has 0 spiro atoms. The zero-order chi connectivity index (χ0) is 16.2. The molecule has 0 aliphatic rings. The van der Waals surface area contributed by atoms with Gasteiger partial charge in [-0.25, -0.2) is 0 Å². The molecule has 0 saturated heterocycles. The van der Waals surface area contributed by atoms with Crippen molar-refractivity contribution in [2.45, 2.75) is 17.3 Å². The Bertz CT molecular complexity index is 839. The summed E-state index contributed by atoms with van der Waals surface area (Å²) >= 11 is 7.34. The Morgan fingerprint density at radius 1 is 1.13 bits per heavy atom. The molecule has 0 aliphatic carbocycles. The van der Waals surface area contributed by atoms with Crippen LogP contribution in [0.25, 0.3) is 17.1 Å². The first-order valence-electron chi connectivity index (χ1n) is 6.87. The van der Waals surface area contributed by atoms with Crippen LogP contribution in [0.3, 0.4) is 0 Å². The lowest BCUT2D eigenvalue weighted by atomic mass is 10.2. The van der Waals surface area contributed by atoms with Crippen molar-refractivity contribution in [2.75, 3.05) is 0 Å². The SMILES string of the molecule is C[C@H](C#N)Sc1nnc(-c2ccncc2)n1-c1ccc(Cl)cc1. The highest BCUT2D eigenvalue weighted by molar-refractivity contribution is 8.00. The molecule has 23 heavy (non-hydrogen) atoms. The Hall–Kier alpha value is -2.36. The molecule has 0 amide bonds. The number of thioether (sulfide) groups is 1. The number of benzene rings is 1. The van der Waals surface area contributed by atoms with E-state index in [0.717, 1.165) is 11.3 Å². The van der Waals surface area contributed by atoms with E-state index in [2.05, 4.69) is 21.3 Å². The molecule has 0 bridgehead atoms. The van der Waals surface area contributed by atoms with E-state index in [9.17, 15) is 0 Å². The van der Waals surface area contributed by atoms with Crippen molar-refractivity contribution in [1.29, 1.82) is 5.26 Å². The topological polar surface area (TPSA) is 67.4 Å². The highest BCUT2D eigenvalue weighted by Crippen LogP contribution is 2.30. The van der Waals surface area contributed by atoms with Crippen LogP contribution in [0.1, 0.15) is 6.92 Å². The fourth-order valence-electron chi connectivity index (χ4n) is 2.04. The first kappa shape index (κ1) is 15.5. The fourth-order valence-corrected chi connectivity index (χ4v) is 2.92. The molecule has 0 aliphatic heterocycles. The molecule has 1 aromatic carbocycles. The van der Waals surface area contributed by atoms with Crippen LogP contribution in [-0.2, 0) is 0 Å². The second kappa shape index (κ2) is 6.82. The van der Waals surface area contributed by atoms with Gasteiger partial charge in [0.05, 0.1) is 11.3 Å². The molecule has 0 unspecified atom stereocenters. The lowest BCUT2D eigenvalue weighted by Gasteiger charge is -2.11. The zero-order valence-corrected chi connectivity index (χ0v) is 13.8. The molecular weight excluding hydrogens is 330 g/mol. The minimum Gasteiger partial charge on any atom is -0.270 e. The maximum absolute atomic E-state index is 9.06. The number of hydrogen-bond donors (Lipinski definition) is 0. The number of aromatic nitrogens is 4. The van der Waals surface area contributed by atoms with Crippen molar-refractivity contribution in [3.05, 3.63) is 53.8 Å². The van der Waals surface area contributed by atoms with Crippen molar-refractivity contribution in [3.8, 4) is 23.1 Å². The molecule has 3 rings (SSSR count). The largest absolute Gasteiger partial charge is 0.270 e. The first-order chi connectivity index (χ1) is 11.2. The summed E-state index contributed by atoms with van der Waals surface area (Å²) in [5.41, 5.74) is 1.79. The van der Waals surface area contributed by atoms with Crippen LogP contribution in [0.5, 0.6) is 0 Å². The molecule has 0 N–H and O–H groups in total. The molecule has 5 nitrogen and oxygen atoms in total. The molecule has 114 valence electrons. The summed E-state index contributed by atoms with van der Waals surface area (Å²) in [5, 5.41) is 18.7. The average molecular weight is 342 g/mol. The van der Waals surface area contributed by atoms with Crippen molar-refractivity contribution in [2.24, 2.45) is 0 Å². The molecule has 0 radical (unpaired) electrons. The smallest absolute Gasteiger partial charge is 0.197 e. The normalized spacial score (nSPS) is 11.9. The zero-order valence-electron chi connectivity index (χ0n) is 12.2. The molecule has 3 aromatic rings. The summed E-state index contributed by atoms with van der Waals surface area (Å²) in [5.74, 6) is 0.697. The number of nitrogens with zero attached hydrogens (tertiary/aromatic N) is 5. The van der Waals surface area contributed by atoms with Gasteiger partial charge in [-0.1, -0.05) is 23.4 Å². The fraction of sp³-hybridized carbons (Fsp3) is 0.125. The van der Waals surface area contributed by atoms with Gasteiger partial charge in [-0.3, -0.25) is 9.55 Å². The molecular formula is C16H12ClN5S. The van der Waals surface area contributed by atoms with E-state index in [0.29, 0.717) is 16.0 Å². The average Bonchev–Trinajstić information content (AvgIpc) is 3.00. The van der Waals surface area contributed by atoms with Gasteiger partial charge in [0.1, 0.15) is 0 Å². The van der Waals surface area contributed by atoms with Crippen LogP contribution in [-0.4, -0.2) is 25.0 Å². The number of pyridine rings is 1. The number of rotatable bonds is 4. The minimum atomic E-state index is -0.226. The molecule has 2 heterocycles. The second-order valence-electron chi connectivity index (χ2n) is 4.74. The van der Waals surface area contributed by atoms with Crippen LogP contribution in [0, 0.1) is 11.3 Å². The van der Waals surface area contributed by atoms with E-state index < -0.39 is 0 Å². The van der Waals surface area contributed by atoms with Gasteiger partial charge in [0.2, 0.25) is 0 Å². The Labute approximate surface area is 143 Å². The molecule has 0 saturated carbocycles. The van der Waals surface area contributed by atoms with Crippen molar-refractivity contribution in [1.82, 2.24) is 19.7 Å². The van der Waals surface area contributed by atoms with E-state index in [1.165, 1.54) is 11.8 Å². The molecule has 7 heteroatoms. The van der Waals surface area contributed by atoms with Crippen LogP contribution in [0.15, 0.2) is 53.9 Å². The van der Waals surface area contributed by atoms with E-state index in [1.54, 1.807) is 12.4 Å². The third-order valence-corrected chi connectivity index (χ3v) is 4.31. The monoisotopic (exact) mass is 341 g/mol. The molecule has 2 aromatic heterocycles. The van der Waals surface area contributed by atoms with E-state index in [4.69, 9.17) is 16.9 Å². The van der Waals surface area contributed by atoms with Crippen LogP contribution in [0.4, 0.5) is 0 Å². The van der Waals surface area contributed by atoms with Gasteiger partial charge in [0, 0.05) is 28.7 Å². The standard InChI is InChI=1S/C16H12ClN5S/c1-11(10-18)23-16-21-20-15(12-6-8-19-9-7-12)22(16)14-4-2-13(17)3-5-14/h2-9,11H,1H3/t11-/m1/s1. The van der Waals surface area contributed by atoms with Gasteiger partial charge in [-0.15, -0.1) is 10.2 Å². The third kappa shape index (κ3) is 3.36. The Kier molecular flexibility index (Phi) is 4.60. The Balaban J connectivity index is 2.14. The first-order valence-corrected chi connectivity index (χ1v) is 8.13. The summed E-state index contributed by atoms with van der Waals surface area (Å²) < 4.78 is 1.92. The number of nitriles is 1. The summed E-state index contributed by atoms with van der Waals surface area (Å²) in [6.07, 6.45) is 3.42. The maximum atomic E-state index is 9.06. The van der Waals surface area contributed by atoms with Crippen molar-refractivity contribution < 1.29 is 0 Å². The van der Waals surface area contributed by atoms with Gasteiger partial charge < -0.3 is 0 Å². The predicted molar refractivity (Wildman–Crippen MR) is 90.5 cm³/mol. The molecule has 1 atom stereocenters. The highest BCUT2D eigenvalue weighted by Gasteiger charge is 2.18. The predicted octanol–water partition coefficient (Wildman–Crippen LogP) is 3.99.